The topological polar surface area (TPSA) is 65.8 Å². The minimum absolute atomic E-state index is 0.000983. The summed E-state index contributed by atoms with van der Waals surface area (Å²) in [6.07, 6.45) is 0. The number of amides is 2. The third kappa shape index (κ3) is 4.78. The molecule has 7 heteroatoms. The van der Waals surface area contributed by atoms with Gasteiger partial charge in [-0.3, -0.25) is 14.5 Å². The fraction of sp³-hybridized carbons (Fsp3) is 0.400. The van der Waals surface area contributed by atoms with Crippen molar-refractivity contribution in [2.75, 3.05) is 38.0 Å². The Morgan fingerprint density at radius 2 is 1.81 bits per heavy atom. The van der Waals surface area contributed by atoms with E-state index in [1.807, 2.05) is 43.9 Å². The maximum Gasteiger partial charge on any atom is 0.257 e. The molecule has 3 rings (SSSR count). The smallest absolute Gasteiger partial charge is 0.257 e. The molecule has 1 saturated heterocycles. The van der Waals surface area contributed by atoms with Crippen molar-refractivity contribution in [3.05, 3.63) is 51.4 Å². The maximum atomic E-state index is 12.6. The van der Waals surface area contributed by atoms with Gasteiger partial charge < -0.3 is 14.6 Å². The van der Waals surface area contributed by atoms with Gasteiger partial charge in [-0.25, -0.2) is 0 Å². The van der Waals surface area contributed by atoms with Crippen LogP contribution in [0.15, 0.2) is 33.2 Å². The highest BCUT2D eigenvalue weighted by atomic mass is 79.9. The minimum atomic E-state index is -0.0403. The van der Waals surface area contributed by atoms with Gasteiger partial charge in [0.2, 0.25) is 5.91 Å². The van der Waals surface area contributed by atoms with Crippen LogP contribution in [0.5, 0.6) is 0 Å². The molecule has 144 valence electrons. The number of furan rings is 1. The molecule has 6 nitrogen and oxygen atoms in total. The molecule has 0 radical (unpaired) electrons. The molecule has 0 spiro atoms. The van der Waals surface area contributed by atoms with Crippen LogP contribution in [0.25, 0.3) is 0 Å². The van der Waals surface area contributed by atoms with Gasteiger partial charge in [0.25, 0.3) is 5.91 Å². The summed E-state index contributed by atoms with van der Waals surface area (Å²) in [5.74, 6) is 1.36. The summed E-state index contributed by atoms with van der Waals surface area (Å²) in [6, 6.07) is 7.56. The summed E-state index contributed by atoms with van der Waals surface area (Å²) < 4.78 is 6.45. The molecule has 0 atom stereocenters. The van der Waals surface area contributed by atoms with Crippen molar-refractivity contribution in [1.82, 2.24) is 9.80 Å². The SMILES string of the molecule is Cc1cc(C(=O)N2CCN(CC(=O)Nc3ccc(Br)cc3C)CC2)c(C)o1. The molecule has 2 amide bonds. The lowest BCUT2D eigenvalue weighted by Crippen LogP contribution is -2.50. The number of aryl methyl sites for hydroxylation is 3. The van der Waals surface area contributed by atoms with Gasteiger partial charge in [-0.15, -0.1) is 0 Å². The van der Waals surface area contributed by atoms with Crippen LogP contribution < -0.4 is 5.32 Å². The number of carbonyl (C=O) groups is 2. The second-order valence-electron chi connectivity index (χ2n) is 6.90. The van der Waals surface area contributed by atoms with E-state index in [0.29, 0.717) is 44.0 Å². The van der Waals surface area contributed by atoms with Crippen LogP contribution >= 0.6 is 15.9 Å². The molecule has 0 bridgehead atoms. The number of halogens is 1. The zero-order valence-electron chi connectivity index (χ0n) is 15.8. The van der Waals surface area contributed by atoms with Gasteiger partial charge in [0.15, 0.2) is 0 Å². The number of benzene rings is 1. The first-order chi connectivity index (χ1) is 12.8. The summed E-state index contributed by atoms with van der Waals surface area (Å²) in [4.78, 5) is 28.9. The van der Waals surface area contributed by atoms with Crippen molar-refractivity contribution in [2.24, 2.45) is 0 Å². The number of nitrogens with one attached hydrogen (secondary N) is 1. The Morgan fingerprint density at radius 1 is 1.11 bits per heavy atom. The van der Waals surface area contributed by atoms with Crippen LogP contribution in [0.4, 0.5) is 5.69 Å². The van der Waals surface area contributed by atoms with Gasteiger partial charge in [-0.1, -0.05) is 15.9 Å². The second kappa shape index (κ2) is 8.27. The highest BCUT2D eigenvalue weighted by molar-refractivity contribution is 9.10. The van der Waals surface area contributed by atoms with Crippen LogP contribution in [0.1, 0.15) is 27.4 Å². The molecule has 27 heavy (non-hydrogen) atoms. The van der Waals surface area contributed by atoms with E-state index >= 15 is 0 Å². The highest BCUT2D eigenvalue weighted by Crippen LogP contribution is 2.20. The molecule has 1 N–H and O–H groups in total. The third-order valence-corrected chi connectivity index (χ3v) is 5.25. The third-order valence-electron chi connectivity index (χ3n) is 4.76. The summed E-state index contributed by atoms with van der Waals surface area (Å²) in [7, 11) is 0. The van der Waals surface area contributed by atoms with Crippen molar-refractivity contribution >= 4 is 33.4 Å². The van der Waals surface area contributed by atoms with Crippen molar-refractivity contribution in [3.8, 4) is 0 Å². The Hall–Kier alpha value is -2.12. The largest absolute Gasteiger partial charge is 0.466 e. The van der Waals surface area contributed by atoms with Crippen LogP contribution in [0.2, 0.25) is 0 Å². The van der Waals surface area contributed by atoms with E-state index in [1.54, 1.807) is 6.07 Å². The molecule has 1 aliphatic heterocycles. The number of hydrogen-bond acceptors (Lipinski definition) is 4. The Bertz CT molecular complexity index is 854. The van der Waals surface area contributed by atoms with Gasteiger partial charge in [-0.05, 0) is 50.6 Å². The predicted molar refractivity (Wildman–Crippen MR) is 108 cm³/mol. The Labute approximate surface area is 167 Å². The minimum Gasteiger partial charge on any atom is -0.466 e. The number of piperazine rings is 1. The summed E-state index contributed by atoms with van der Waals surface area (Å²) in [5.41, 5.74) is 2.46. The fourth-order valence-electron chi connectivity index (χ4n) is 3.28. The zero-order valence-corrected chi connectivity index (χ0v) is 17.4. The van der Waals surface area contributed by atoms with Crippen molar-refractivity contribution < 1.29 is 14.0 Å². The van der Waals surface area contributed by atoms with Gasteiger partial charge >= 0.3 is 0 Å². The Kier molecular flexibility index (Phi) is 6.01. The molecule has 0 saturated carbocycles. The molecule has 1 aromatic carbocycles. The van der Waals surface area contributed by atoms with E-state index in [4.69, 9.17) is 4.42 Å². The standard InChI is InChI=1S/C20H24BrN3O3/c1-13-10-16(21)4-5-18(13)22-19(25)12-23-6-8-24(9-7-23)20(26)17-11-14(2)27-15(17)3/h4-5,10-11H,6-9,12H2,1-3H3,(H,22,25). The quantitative estimate of drug-likeness (QED) is 0.802. The molecule has 2 aromatic rings. The Morgan fingerprint density at radius 3 is 2.41 bits per heavy atom. The molecular formula is C20H24BrN3O3. The van der Waals surface area contributed by atoms with Crippen LogP contribution in [0.3, 0.4) is 0 Å². The number of carbonyl (C=O) groups excluding carboxylic acids is 2. The van der Waals surface area contributed by atoms with E-state index in [-0.39, 0.29) is 11.8 Å². The van der Waals surface area contributed by atoms with Crippen LogP contribution in [0, 0.1) is 20.8 Å². The molecule has 1 fully saturated rings. The summed E-state index contributed by atoms with van der Waals surface area (Å²) in [5, 5.41) is 2.96. The first-order valence-electron chi connectivity index (χ1n) is 8.98. The molecule has 1 aliphatic rings. The summed E-state index contributed by atoms with van der Waals surface area (Å²) in [6.45, 7) is 8.49. The molecule has 0 unspecified atom stereocenters. The maximum absolute atomic E-state index is 12.6. The number of nitrogens with zero attached hydrogens (tertiary/aromatic N) is 2. The van der Waals surface area contributed by atoms with Crippen LogP contribution in [-0.2, 0) is 4.79 Å². The van der Waals surface area contributed by atoms with Gasteiger partial charge in [0, 0.05) is 36.3 Å². The average molecular weight is 434 g/mol. The van der Waals surface area contributed by atoms with E-state index in [1.165, 1.54) is 0 Å². The summed E-state index contributed by atoms with van der Waals surface area (Å²) >= 11 is 3.42. The lowest BCUT2D eigenvalue weighted by molar-refractivity contribution is -0.117. The van der Waals surface area contributed by atoms with Crippen molar-refractivity contribution in [3.63, 3.8) is 0 Å². The van der Waals surface area contributed by atoms with Crippen molar-refractivity contribution in [1.29, 1.82) is 0 Å². The van der Waals surface area contributed by atoms with E-state index in [2.05, 4.69) is 26.1 Å². The monoisotopic (exact) mass is 433 g/mol. The molecule has 2 heterocycles. The average Bonchev–Trinajstić information content (AvgIpc) is 2.96. The van der Waals surface area contributed by atoms with Crippen LogP contribution in [-0.4, -0.2) is 54.3 Å². The molecular weight excluding hydrogens is 410 g/mol. The lowest BCUT2D eigenvalue weighted by Gasteiger charge is -2.34. The first kappa shape index (κ1) is 19.6. The second-order valence-corrected chi connectivity index (χ2v) is 7.82. The fourth-order valence-corrected chi connectivity index (χ4v) is 3.76. The van der Waals surface area contributed by atoms with E-state index in [0.717, 1.165) is 21.5 Å². The molecule has 0 aliphatic carbocycles. The normalized spacial score (nSPS) is 15.0. The lowest BCUT2D eigenvalue weighted by atomic mass is 10.2. The zero-order chi connectivity index (χ0) is 19.6. The van der Waals surface area contributed by atoms with E-state index < -0.39 is 0 Å². The van der Waals surface area contributed by atoms with E-state index in [9.17, 15) is 9.59 Å². The van der Waals surface area contributed by atoms with Gasteiger partial charge in [0.05, 0.1) is 12.1 Å². The van der Waals surface area contributed by atoms with Gasteiger partial charge in [-0.2, -0.15) is 0 Å². The Balaban J connectivity index is 1.51. The van der Waals surface area contributed by atoms with Gasteiger partial charge in [0.1, 0.15) is 11.5 Å². The highest BCUT2D eigenvalue weighted by Gasteiger charge is 2.25. The number of rotatable bonds is 4. The predicted octanol–water partition coefficient (Wildman–Crippen LogP) is 3.36. The molecule has 1 aromatic heterocycles. The first-order valence-corrected chi connectivity index (χ1v) is 9.77. The number of anilines is 1. The number of hydrogen-bond donors (Lipinski definition) is 1. The van der Waals surface area contributed by atoms with Crippen molar-refractivity contribution in [2.45, 2.75) is 20.8 Å².